The van der Waals surface area contributed by atoms with Crippen molar-refractivity contribution >= 4 is 11.8 Å². The molecule has 0 saturated carbocycles. The van der Waals surface area contributed by atoms with Crippen LogP contribution in [0, 0.1) is 6.92 Å². The van der Waals surface area contributed by atoms with Gasteiger partial charge in [-0.15, -0.1) is 0 Å². The normalized spacial score (nSPS) is 14.2. The molecule has 2 rings (SSSR count). The molecule has 0 radical (unpaired) electrons. The Balaban J connectivity index is 2.37. The van der Waals surface area contributed by atoms with Crippen molar-refractivity contribution in [3.05, 3.63) is 22.6 Å². The predicted octanol–water partition coefficient (Wildman–Crippen LogP) is 1.58. The first kappa shape index (κ1) is 13.6. The molecule has 0 N–H and O–H groups in total. The van der Waals surface area contributed by atoms with Crippen molar-refractivity contribution in [1.82, 2.24) is 9.80 Å². The molecule has 0 unspecified atom stereocenters. The van der Waals surface area contributed by atoms with Gasteiger partial charge < -0.3 is 14.2 Å². The van der Waals surface area contributed by atoms with Gasteiger partial charge in [0.05, 0.1) is 5.56 Å². The molecule has 0 spiro atoms. The third kappa shape index (κ3) is 2.37. The summed E-state index contributed by atoms with van der Waals surface area (Å²) < 4.78 is 5.68. The summed E-state index contributed by atoms with van der Waals surface area (Å²) in [4.78, 5) is 27.3. The van der Waals surface area contributed by atoms with Crippen LogP contribution in [0.2, 0.25) is 0 Å². The molecule has 2 amide bonds. The predicted molar refractivity (Wildman–Crippen MR) is 70.9 cm³/mol. The minimum Gasteiger partial charge on any atom is -0.465 e. The Kier molecular flexibility index (Phi) is 3.64. The van der Waals surface area contributed by atoms with Crippen LogP contribution in [0.15, 0.2) is 4.42 Å². The average Bonchev–Trinajstić information content (AvgIpc) is 2.71. The van der Waals surface area contributed by atoms with Crippen LogP contribution >= 0.6 is 0 Å². The summed E-state index contributed by atoms with van der Waals surface area (Å²) in [5, 5.41) is 0. The van der Waals surface area contributed by atoms with Crippen molar-refractivity contribution in [2.45, 2.75) is 33.2 Å². The molecule has 0 saturated heterocycles. The van der Waals surface area contributed by atoms with Crippen molar-refractivity contribution < 1.29 is 14.0 Å². The summed E-state index contributed by atoms with van der Waals surface area (Å²) in [5.74, 6) is 1.55. The number of hydrogen-bond donors (Lipinski definition) is 0. The van der Waals surface area contributed by atoms with Crippen molar-refractivity contribution in [1.29, 1.82) is 0 Å². The monoisotopic (exact) mass is 264 g/mol. The first-order valence-corrected chi connectivity index (χ1v) is 6.56. The summed E-state index contributed by atoms with van der Waals surface area (Å²) in [7, 11) is 3.44. The van der Waals surface area contributed by atoms with Gasteiger partial charge in [0.2, 0.25) is 5.91 Å². The number of hydrogen-bond acceptors (Lipinski definition) is 3. The summed E-state index contributed by atoms with van der Waals surface area (Å²) in [6.07, 6.45) is 1.17. The second-order valence-electron chi connectivity index (χ2n) is 5.05. The maximum Gasteiger partial charge on any atom is 0.257 e. The molecular formula is C14H20N2O3. The molecule has 5 heteroatoms. The van der Waals surface area contributed by atoms with Crippen LogP contribution in [0.1, 0.15) is 40.8 Å². The second kappa shape index (κ2) is 5.07. The first-order chi connectivity index (χ1) is 8.95. The van der Waals surface area contributed by atoms with E-state index >= 15 is 0 Å². The lowest BCUT2D eigenvalue weighted by molar-refractivity contribution is -0.131. The van der Waals surface area contributed by atoms with Gasteiger partial charge >= 0.3 is 0 Å². The maximum atomic E-state index is 12.2. The van der Waals surface area contributed by atoms with E-state index in [-0.39, 0.29) is 11.8 Å². The van der Waals surface area contributed by atoms with Gasteiger partial charge in [-0.2, -0.15) is 0 Å². The molecule has 2 heterocycles. The fraction of sp³-hybridized carbons (Fsp3) is 0.571. The third-order valence-corrected chi connectivity index (χ3v) is 3.50. The summed E-state index contributed by atoms with van der Waals surface area (Å²) >= 11 is 0. The molecule has 0 fully saturated rings. The van der Waals surface area contributed by atoms with Crippen LogP contribution < -0.4 is 0 Å². The standard InChI is InChI=1S/C14H20N2O3/c1-5-12(17)16-7-6-11-10(8-16)13(9(2)19-11)14(18)15(3)4/h5-8H2,1-4H3. The largest absolute Gasteiger partial charge is 0.465 e. The minimum absolute atomic E-state index is 0.0618. The van der Waals surface area contributed by atoms with E-state index in [1.807, 2.05) is 6.92 Å². The third-order valence-electron chi connectivity index (χ3n) is 3.50. The van der Waals surface area contributed by atoms with Gasteiger partial charge in [0.1, 0.15) is 11.5 Å². The Labute approximate surface area is 113 Å². The van der Waals surface area contributed by atoms with Crippen molar-refractivity contribution in [2.24, 2.45) is 0 Å². The lowest BCUT2D eigenvalue weighted by Gasteiger charge is -2.26. The van der Waals surface area contributed by atoms with Crippen LogP contribution in [-0.4, -0.2) is 42.3 Å². The SMILES string of the molecule is CCC(=O)N1CCc2oc(C)c(C(=O)N(C)C)c2C1. The van der Waals surface area contributed by atoms with E-state index in [1.165, 1.54) is 0 Å². The van der Waals surface area contributed by atoms with E-state index < -0.39 is 0 Å². The number of fused-ring (bicyclic) bond motifs is 1. The zero-order valence-electron chi connectivity index (χ0n) is 11.9. The van der Waals surface area contributed by atoms with E-state index in [4.69, 9.17) is 4.42 Å². The van der Waals surface area contributed by atoms with Gasteiger partial charge in [0, 0.05) is 45.6 Å². The highest BCUT2D eigenvalue weighted by Gasteiger charge is 2.30. The van der Waals surface area contributed by atoms with E-state index in [2.05, 4.69) is 0 Å². The van der Waals surface area contributed by atoms with Gasteiger partial charge in [0.25, 0.3) is 5.91 Å². The van der Waals surface area contributed by atoms with Crippen LogP contribution in [0.4, 0.5) is 0 Å². The Bertz CT molecular complexity index is 517. The Morgan fingerprint density at radius 3 is 2.63 bits per heavy atom. The molecule has 5 nitrogen and oxygen atoms in total. The number of carbonyl (C=O) groups is 2. The fourth-order valence-electron chi connectivity index (χ4n) is 2.46. The molecule has 0 bridgehead atoms. The topological polar surface area (TPSA) is 53.8 Å². The molecule has 1 aromatic heterocycles. The Hall–Kier alpha value is -1.78. The zero-order chi connectivity index (χ0) is 14.2. The molecule has 1 aliphatic rings. The highest BCUT2D eigenvalue weighted by Crippen LogP contribution is 2.29. The van der Waals surface area contributed by atoms with Gasteiger partial charge in [-0.05, 0) is 6.92 Å². The van der Waals surface area contributed by atoms with Crippen LogP contribution in [0.25, 0.3) is 0 Å². The summed E-state index contributed by atoms with van der Waals surface area (Å²) in [6, 6.07) is 0. The van der Waals surface area contributed by atoms with Crippen LogP contribution in [0.5, 0.6) is 0 Å². The molecule has 0 atom stereocenters. The van der Waals surface area contributed by atoms with Gasteiger partial charge in [-0.1, -0.05) is 6.92 Å². The van der Waals surface area contributed by atoms with E-state index in [1.54, 1.807) is 30.8 Å². The van der Waals surface area contributed by atoms with Gasteiger partial charge in [0.15, 0.2) is 0 Å². The van der Waals surface area contributed by atoms with Gasteiger partial charge in [-0.3, -0.25) is 9.59 Å². The van der Waals surface area contributed by atoms with Crippen molar-refractivity contribution in [3.8, 4) is 0 Å². The maximum absolute atomic E-state index is 12.2. The van der Waals surface area contributed by atoms with Crippen LogP contribution in [-0.2, 0) is 17.8 Å². The van der Waals surface area contributed by atoms with Crippen molar-refractivity contribution in [3.63, 3.8) is 0 Å². The average molecular weight is 264 g/mol. The molecule has 1 aromatic rings. The summed E-state index contributed by atoms with van der Waals surface area (Å²) in [5.41, 5.74) is 1.50. The molecule has 19 heavy (non-hydrogen) atoms. The number of rotatable bonds is 2. The van der Waals surface area contributed by atoms with Crippen molar-refractivity contribution in [2.75, 3.05) is 20.6 Å². The molecule has 0 aromatic carbocycles. The van der Waals surface area contributed by atoms with E-state index in [9.17, 15) is 9.59 Å². The van der Waals surface area contributed by atoms with E-state index in [0.29, 0.717) is 37.3 Å². The van der Waals surface area contributed by atoms with Gasteiger partial charge in [-0.25, -0.2) is 0 Å². The quantitative estimate of drug-likeness (QED) is 0.815. The highest BCUT2D eigenvalue weighted by atomic mass is 16.3. The number of carbonyl (C=O) groups excluding carboxylic acids is 2. The zero-order valence-corrected chi connectivity index (χ0v) is 11.9. The molecule has 104 valence electrons. The van der Waals surface area contributed by atoms with E-state index in [0.717, 1.165) is 11.3 Å². The highest BCUT2D eigenvalue weighted by molar-refractivity contribution is 5.96. The number of aryl methyl sites for hydroxylation is 1. The molecule has 0 aliphatic carbocycles. The van der Waals surface area contributed by atoms with Crippen LogP contribution in [0.3, 0.4) is 0 Å². The lowest BCUT2D eigenvalue weighted by atomic mass is 10.0. The molecule has 1 aliphatic heterocycles. The fourth-order valence-corrected chi connectivity index (χ4v) is 2.46. The first-order valence-electron chi connectivity index (χ1n) is 6.56. The summed E-state index contributed by atoms with van der Waals surface area (Å²) in [6.45, 7) is 4.81. The Morgan fingerprint density at radius 2 is 2.05 bits per heavy atom. The number of furan rings is 1. The number of nitrogens with zero attached hydrogens (tertiary/aromatic N) is 2. The number of amides is 2. The lowest BCUT2D eigenvalue weighted by Crippen LogP contribution is -2.36. The molecular weight excluding hydrogens is 244 g/mol. The second-order valence-corrected chi connectivity index (χ2v) is 5.05. The Morgan fingerprint density at radius 1 is 1.37 bits per heavy atom. The minimum atomic E-state index is -0.0618. The smallest absolute Gasteiger partial charge is 0.257 e.